The molecular weight excluding hydrogens is 340 g/mol. The monoisotopic (exact) mass is 357 g/mol. The lowest BCUT2D eigenvalue weighted by molar-refractivity contribution is 0.0149. The minimum atomic E-state index is -1.27. The number of rotatable bonds is 3. The Morgan fingerprint density at radius 3 is 2.62 bits per heavy atom. The summed E-state index contributed by atoms with van der Waals surface area (Å²) in [7, 11) is 0. The van der Waals surface area contributed by atoms with E-state index in [2.05, 4.69) is 4.98 Å². The molecule has 1 saturated heterocycles. The van der Waals surface area contributed by atoms with Gasteiger partial charge in [0.15, 0.2) is 0 Å². The van der Waals surface area contributed by atoms with Crippen LogP contribution in [0.4, 0.5) is 8.78 Å². The van der Waals surface area contributed by atoms with E-state index in [-0.39, 0.29) is 28.1 Å². The Morgan fingerprint density at radius 1 is 1.19 bits per heavy atom. The molecule has 2 aromatic carbocycles. The number of aromatic amines is 1. The second-order valence-electron chi connectivity index (χ2n) is 6.45. The van der Waals surface area contributed by atoms with Crippen LogP contribution in [0.25, 0.3) is 22.0 Å². The summed E-state index contributed by atoms with van der Waals surface area (Å²) in [6, 6.07) is 8.03. The Kier molecular flexibility index (Phi) is 4.20. The van der Waals surface area contributed by atoms with Gasteiger partial charge in [-0.25, -0.2) is 13.6 Å². The number of nitrogens with one attached hydrogen (secondary N) is 1. The molecule has 1 aliphatic heterocycles. The molecule has 0 aliphatic carbocycles. The minimum absolute atomic E-state index is 0.0123. The molecule has 26 heavy (non-hydrogen) atoms. The first-order valence-electron chi connectivity index (χ1n) is 8.50. The Hall–Kier alpha value is -2.73. The van der Waals surface area contributed by atoms with Gasteiger partial charge in [0.2, 0.25) is 0 Å². The number of halogens is 2. The van der Waals surface area contributed by atoms with E-state index in [0.29, 0.717) is 5.56 Å². The van der Waals surface area contributed by atoms with Gasteiger partial charge in [0.1, 0.15) is 11.6 Å². The number of carboxylic acids is 1. The first-order chi connectivity index (χ1) is 12.6. The number of carbonyl (C=O) groups is 1. The summed E-state index contributed by atoms with van der Waals surface area (Å²) in [4.78, 5) is 13.9. The van der Waals surface area contributed by atoms with Gasteiger partial charge in [0.25, 0.3) is 0 Å². The summed E-state index contributed by atoms with van der Waals surface area (Å²) in [6.07, 6.45) is 4.26. The number of carboxylic acid groups (broad SMARTS) is 1. The van der Waals surface area contributed by atoms with Crippen molar-refractivity contribution in [2.45, 2.75) is 25.4 Å². The third-order valence-electron chi connectivity index (χ3n) is 4.84. The molecule has 0 saturated carbocycles. The molecule has 1 atom stereocenters. The number of aromatic nitrogens is 1. The van der Waals surface area contributed by atoms with Crippen LogP contribution in [0, 0.1) is 11.6 Å². The highest BCUT2D eigenvalue weighted by Crippen LogP contribution is 2.35. The fraction of sp³-hybridized carbons (Fsp3) is 0.250. The maximum atomic E-state index is 15.0. The maximum Gasteiger partial charge on any atom is 0.337 e. The first kappa shape index (κ1) is 16.7. The van der Waals surface area contributed by atoms with Crippen molar-refractivity contribution in [3.8, 4) is 11.1 Å². The van der Waals surface area contributed by atoms with Crippen molar-refractivity contribution in [1.82, 2.24) is 4.98 Å². The molecule has 3 aromatic rings. The summed E-state index contributed by atoms with van der Waals surface area (Å²) < 4.78 is 35.2. The summed E-state index contributed by atoms with van der Waals surface area (Å²) in [5.74, 6) is -2.88. The molecular formula is C20H17F2NO3. The third-order valence-corrected chi connectivity index (χ3v) is 4.84. The first-order valence-corrected chi connectivity index (χ1v) is 8.50. The smallest absolute Gasteiger partial charge is 0.337 e. The van der Waals surface area contributed by atoms with Crippen molar-refractivity contribution in [3.63, 3.8) is 0 Å². The van der Waals surface area contributed by atoms with Crippen molar-refractivity contribution in [3.05, 3.63) is 59.3 Å². The molecule has 1 aliphatic rings. The van der Waals surface area contributed by atoms with E-state index in [1.54, 1.807) is 12.1 Å². The summed E-state index contributed by atoms with van der Waals surface area (Å²) >= 11 is 0. The van der Waals surface area contributed by atoms with E-state index in [4.69, 9.17) is 4.74 Å². The van der Waals surface area contributed by atoms with Gasteiger partial charge < -0.3 is 14.8 Å². The Labute approximate surface area is 148 Å². The van der Waals surface area contributed by atoms with Crippen molar-refractivity contribution < 1.29 is 23.4 Å². The van der Waals surface area contributed by atoms with Crippen LogP contribution < -0.4 is 0 Å². The summed E-state index contributed by atoms with van der Waals surface area (Å²) in [6.45, 7) is 0.720. The highest BCUT2D eigenvalue weighted by Gasteiger charge is 2.22. The predicted molar refractivity (Wildman–Crippen MR) is 93.2 cm³/mol. The number of hydrogen-bond donors (Lipinski definition) is 2. The summed E-state index contributed by atoms with van der Waals surface area (Å²) in [5, 5.41) is 9.10. The molecule has 0 radical (unpaired) electrons. The highest BCUT2D eigenvalue weighted by atomic mass is 19.1. The average Bonchev–Trinajstić information content (AvgIpc) is 3.07. The van der Waals surface area contributed by atoms with Gasteiger partial charge in [-0.1, -0.05) is 24.3 Å². The van der Waals surface area contributed by atoms with E-state index in [1.807, 2.05) is 12.1 Å². The fourth-order valence-corrected chi connectivity index (χ4v) is 3.52. The number of hydrogen-bond acceptors (Lipinski definition) is 2. The largest absolute Gasteiger partial charge is 0.478 e. The molecule has 0 spiro atoms. The van der Waals surface area contributed by atoms with Crippen LogP contribution in [0.5, 0.6) is 0 Å². The SMILES string of the molecule is O=C(O)c1c[nH]c2cc(F)c(-c3ccc([C@H]4CCCCO4)cc3)c(F)c12. The molecule has 2 N–H and O–H groups in total. The second-order valence-corrected chi connectivity index (χ2v) is 6.45. The van der Waals surface area contributed by atoms with Crippen molar-refractivity contribution in [2.24, 2.45) is 0 Å². The zero-order valence-electron chi connectivity index (χ0n) is 13.9. The zero-order chi connectivity index (χ0) is 18.3. The summed E-state index contributed by atoms with van der Waals surface area (Å²) in [5.41, 5.74) is 1.01. The Balaban J connectivity index is 1.78. The maximum absolute atomic E-state index is 15.0. The standard InChI is InChI=1S/C20H17F2NO3/c21-14-9-15-18(13(10-23-15)20(24)25)19(22)17(14)12-6-4-11(5-7-12)16-3-1-2-8-26-16/h4-7,9-10,16,23H,1-3,8H2,(H,24,25)/t16-/m1/s1. The predicted octanol–water partition coefficient (Wildman–Crippen LogP) is 5.05. The van der Waals surface area contributed by atoms with Crippen LogP contribution in [-0.4, -0.2) is 22.7 Å². The average molecular weight is 357 g/mol. The van der Waals surface area contributed by atoms with Crippen LogP contribution >= 0.6 is 0 Å². The molecule has 0 amide bonds. The molecule has 2 heterocycles. The lowest BCUT2D eigenvalue weighted by Crippen LogP contribution is -2.11. The molecule has 6 heteroatoms. The van der Waals surface area contributed by atoms with Gasteiger partial charge >= 0.3 is 5.97 Å². The van der Waals surface area contributed by atoms with Crippen LogP contribution in [0.15, 0.2) is 36.5 Å². The van der Waals surface area contributed by atoms with Crippen molar-refractivity contribution in [2.75, 3.05) is 6.61 Å². The Morgan fingerprint density at radius 2 is 1.96 bits per heavy atom. The van der Waals surface area contributed by atoms with Gasteiger partial charge in [-0.15, -0.1) is 0 Å². The van der Waals surface area contributed by atoms with Gasteiger partial charge in [-0.2, -0.15) is 0 Å². The van der Waals surface area contributed by atoms with Gasteiger partial charge in [0.05, 0.1) is 28.1 Å². The van der Waals surface area contributed by atoms with E-state index >= 15 is 0 Å². The third kappa shape index (κ3) is 2.76. The lowest BCUT2D eigenvalue weighted by Gasteiger charge is -2.23. The molecule has 0 bridgehead atoms. The Bertz CT molecular complexity index is 973. The van der Waals surface area contributed by atoms with E-state index in [0.717, 1.165) is 37.5 Å². The minimum Gasteiger partial charge on any atom is -0.478 e. The number of benzene rings is 2. The molecule has 1 aromatic heterocycles. The van der Waals surface area contributed by atoms with Crippen LogP contribution in [0.3, 0.4) is 0 Å². The van der Waals surface area contributed by atoms with Crippen LogP contribution in [0.2, 0.25) is 0 Å². The van der Waals surface area contributed by atoms with Gasteiger partial charge in [0, 0.05) is 12.8 Å². The highest BCUT2D eigenvalue weighted by molar-refractivity contribution is 6.04. The normalized spacial score (nSPS) is 17.5. The fourth-order valence-electron chi connectivity index (χ4n) is 3.52. The van der Waals surface area contributed by atoms with Crippen molar-refractivity contribution >= 4 is 16.9 Å². The number of fused-ring (bicyclic) bond motifs is 1. The second kappa shape index (κ2) is 6.53. The molecule has 0 unspecified atom stereocenters. The van der Waals surface area contributed by atoms with E-state index < -0.39 is 17.6 Å². The van der Waals surface area contributed by atoms with Gasteiger partial charge in [-0.3, -0.25) is 0 Å². The zero-order valence-corrected chi connectivity index (χ0v) is 13.9. The van der Waals surface area contributed by atoms with Gasteiger partial charge in [-0.05, 0) is 36.5 Å². The van der Waals surface area contributed by atoms with Crippen LogP contribution in [-0.2, 0) is 4.74 Å². The lowest BCUT2D eigenvalue weighted by atomic mass is 9.96. The quantitative estimate of drug-likeness (QED) is 0.689. The van der Waals surface area contributed by atoms with E-state index in [9.17, 15) is 18.7 Å². The molecule has 1 fully saturated rings. The molecule has 4 nitrogen and oxygen atoms in total. The molecule has 4 rings (SSSR count). The molecule has 134 valence electrons. The number of ether oxygens (including phenoxy) is 1. The van der Waals surface area contributed by atoms with Crippen molar-refractivity contribution in [1.29, 1.82) is 0 Å². The van der Waals surface area contributed by atoms with Crippen LogP contribution in [0.1, 0.15) is 41.3 Å². The van der Waals surface area contributed by atoms with E-state index in [1.165, 1.54) is 6.20 Å². The number of aromatic carboxylic acids is 1. The topological polar surface area (TPSA) is 62.3 Å². The number of H-pyrrole nitrogens is 1.